The van der Waals surface area contributed by atoms with E-state index < -0.39 is 6.23 Å². The average molecular weight is 468 g/mol. The highest BCUT2D eigenvalue weighted by atomic mass is 32.1. The Balaban J connectivity index is 1.47. The van der Waals surface area contributed by atoms with Gasteiger partial charge in [-0.3, -0.25) is 4.99 Å². The van der Waals surface area contributed by atoms with Gasteiger partial charge in [0.15, 0.2) is 6.23 Å². The van der Waals surface area contributed by atoms with Gasteiger partial charge in [0.05, 0.1) is 5.69 Å². The number of aliphatic imine (C=N–C) groups is 1. The Labute approximate surface area is 203 Å². The maximum atomic E-state index is 5.90. The van der Waals surface area contributed by atoms with Gasteiger partial charge < -0.3 is 10.1 Å². The van der Waals surface area contributed by atoms with E-state index in [0.717, 1.165) is 39.1 Å². The minimum absolute atomic E-state index is 0.408. The third-order valence-corrected chi connectivity index (χ3v) is 6.32. The van der Waals surface area contributed by atoms with Gasteiger partial charge in [-0.05, 0) is 24.6 Å². The van der Waals surface area contributed by atoms with Crippen molar-refractivity contribution in [1.82, 2.24) is 4.98 Å². The van der Waals surface area contributed by atoms with E-state index in [1.807, 2.05) is 71.1 Å². The second-order valence-corrected chi connectivity index (χ2v) is 8.71. The molecule has 0 spiro atoms. The fourth-order valence-corrected chi connectivity index (χ4v) is 4.64. The Hall–Kier alpha value is -3.81. The smallest absolute Gasteiger partial charge is 0.209 e. The number of nitrogens with zero attached hydrogens (tertiary/aromatic N) is 4. The van der Waals surface area contributed by atoms with Gasteiger partial charge in [0, 0.05) is 29.3 Å². The first-order valence-electron chi connectivity index (χ1n) is 11.0. The zero-order valence-electron chi connectivity index (χ0n) is 19.1. The second-order valence-electron chi connectivity index (χ2n) is 7.88. The molecule has 1 aliphatic rings. The molecule has 1 unspecified atom stereocenters. The average Bonchev–Trinajstić information content (AvgIpc) is 3.50. The van der Waals surface area contributed by atoms with Crippen molar-refractivity contribution in [3.05, 3.63) is 101 Å². The number of thiazole rings is 1. The third-order valence-electron chi connectivity index (χ3n) is 5.49. The standard InChI is InChI=1S/C27H25N5OS/c1-19-10-9-15-22(16-19)28-18-29-25-24(21-13-7-4-8-14-21)31-32(26(25)33-2)27-30-23(17-34-27)20-11-5-3-6-12-20/h3-17,26,28H,18H2,1-2H3. The summed E-state index contributed by atoms with van der Waals surface area (Å²) >= 11 is 1.54. The summed E-state index contributed by atoms with van der Waals surface area (Å²) in [5.74, 6) is 0. The molecule has 1 N–H and O–H groups in total. The molecule has 6 nitrogen and oxygen atoms in total. The van der Waals surface area contributed by atoms with Crippen molar-refractivity contribution in [2.75, 3.05) is 24.1 Å². The maximum Gasteiger partial charge on any atom is 0.209 e. The van der Waals surface area contributed by atoms with E-state index in [2.05, 4.69) is 36.5 Å². The Bertz CT molecular complexity index is 1320. The van der Waals surface area contributed by atoms with Crippen LogP contribution in [0.15, 0.2) is 100 Å². The predicted molar refractivity (Wildman–Crippen MR) is 141 cm³/mol. The molecule has 5 rings (SSSR count). The van der Waals surface area contributed by atoms with Gasteiger partial charge in [-0.1, -0.05) is 72.8 Å². The van der Waals surface area contributed by atoms with Gasteiger partial charge in [-0.2, -0.15) is 5.10 Å². The van der Waals surface area contributed by atoms with Gasteiger partial charge in [0.25, 0.3) is 0 Å². The highest BCUT2D eigenvalue weighted by Gasteiger charge is 2.36. The molecule has 7 heteroatoms. The summed E-state index contributed by atoms with van der Waals surface area (Å²) in [6, 6.07) is 28.5. The zero-order chi connectivity index (χ0) is 23.3. The van der Waals surface area contributed by atoms with E-state index in [1.165, 1.54) is 16.9 Å². The fraction of sp³-hybridized carbons (Fsp3) is 0.148. The molecule has 34 heavy (non-hydrogen) atoms. The summed E-state index contributed by atoms with van der Waals surface area (Å²) in [5.41, 5.74) is 6.75. The quantitative estimate of drug-likeness (QED) is 0.372. The molecule has 0 aliphatic carbocycles. The molecule has 0 fully saturated rings. The van der Waals surface area contributed by atoms with E-state index in [1.54, 1.807) is 7.11 Å². The normalized spacial score (nSPS) is 16.6. The van der Waals surface area contributed by atoms with Crippen molar-refractivity contribution >= 4 is 33.6 Å². The van der Waals surface area contributed by atoms with Crippen LogP contribution in [0.4, 0.5) is 10.8 Å². The van der Waals surface area contributed by atoms with Crippen LogP contribution in [0, 0.1) is 6.92 Å². The first kappa shape index (κ1) is 22.0. The monoisotopic (exact) mass is 467 g/mol. The molecule has 3 aromatic carbocycles. The highest BCUT2D eigenvalue weighted by molar-refractivity contribution is 7.14. The molecule has 1 aromatic heterocycles. The number of rotatable bonds is 7. The summed E-state index contributed by atoms with van der Waals surface area (Å²) in [6.45, 7) is 2.48. The molecule has 0 saturated heterocycles. The van der Waals surface area contributed by atoms with Crippen LogP contribution in [0.2, 0.25) is 0 Å². The number of hydrogen-bond acceptors (Lipinski definition) is 7. The Kier molecular flexibility index (Phi) is 6.46. The number of hydrogen-bond donors (Lipinski definition) is 1. The minimum atomic E-state index is -0.468. The van der Waals surface area contributed by atoms with Gasteiger partial charge in [0.1, 0.15) is 18.1 Å². The number of anilines is 2. The summed E-state index contributed by atoms with van der Waals surface area (Å²) in [5, 5.41) is 12.9. The molecular formula is C27H25N5OS. The number of aromatic nitrogens is 1. The van der Waals surface area contributed by atoms with Crippen molar-refractivity contribution in [3.63, 3.8) is 0 Å². The minimum Gasteiger partial charge on any atom is -0.366 e. The number of ether oxygens (including phenoxy) is 1. The van der Waals surface area contributed by atoms with E-state index >= 15 is 0 Å². The molecule has 0 amide bonds. The number of nitrogens with one attached hydrogen (secondary N) is 1. The number of hydrazone groups is 1. The van der Waals surface area contributed by atoms with Crippen molar-refractivity contribution in [1.29, 1.82) is 0 Å². The van der Waals surface area contributed by atoms with E-state index in [9.17, 15) is 0 Å². The number of benzene rings is 3. The molecule has 4 aromatic rings. The van der Waals surface area contributed by atoms with Gasteiger partial charge in [-0.25, -0.2) is 9.99 Å². The predicted octanol–water partition coefficient (Wildman–Crippen LogP) is 5.83. The fourth-order valence-electron chi connectivity index (χ4n) is 3.84. The molecule has 2 heterocycles. The lowest BCUT2D eigenvalue weighted by atomic mass is 10.1. The summed E-state index contributed by atoms with van der Waals surface area (Å²) in [6.07, 6.45) is -0.468. The van der Waals surface area contributed by atoms with Crippen LogP contribution in [0.1, 0.15) is 11.1 Å². The van der Waals surface area contributed by atoms with Crippen LogP contribution in [-0.4, -0.2) is 36.4 Å². The molecule has 0 radical (unpaired) electrons. The summed E-state index contributed by atoms with van der Waals surface area (Å²) in [7, 11) is 1.68. The van der Waals surface area contributed by atoms with Crippen LogP contribution in [0.5, 0.6) is 0 Å². The maximum absolute atomic E-state index is 5.90. The van der Waals surface area contributed by atoms with Crippen LogP contribution in [0.25, 0.3) is 11.3 Å². The first-order chi connectivity index (χ1) is 16.7. The molecule has 0 bridgehead atoms. The largest absolute Gasteiger partial charge is 0.366 e. The first-order valence-corrected chi connectivity index (χ1v) is 11.9. The van der Waals surface area contributed by atoms with Crippen molar-refractivity contribution in [2.24, 2.45) is 10.1 Å². The number of aryl methyl sites for hydroxylation is 1. The van der Waals surface area contributed by atoms with Crippen molar-refractivity contribution in [3.8, 4) is 11.3 Å². The lowest BCUT2D eigenvalue weighted by Gasteiger charge is -2.19. The molecule has 0 saturated carbocycles. The summed E-state index contributed by atoms with van der Waals surface area (Å²) < 4.78 is 5.90. The number of methoxy groups -OCH3 is 1. The van der Waals surface area contributed by atoms with Crippen molar-refractivity contribution in [2.45, 2.75) is 13.2 Å². The summed E-state index contributed by atoms with van der Waals surface area (Å²) in [4.78, 5) is 9.73. The van der Waals surface area contributed by atoms with E-state index in [4.69, 9.17) is 19.8 Å². The van der Waals surface area contributed by atoms with Crippen LogP contribution in [0.3, 0.4) is 0 Å². The zero-order valence-corrected chi connectivity index (χ0v) is 19.9. The van der Waals surface area contributed by atoms with Gasteiger partial charge >= 0.3 is 0 Å². The Morgan fingerprint density at radius 2 is 1.71 bits per heavy atom. The van der Waals surface area contributed by atoms with Crippen LogP contribution in [-0.2, 0) is 4.74 Å². The highest BCUT2D eigenvalue weighted by Crippen LogP contribution is 2.32. The van der Waals surface area contributed by atoms with Gasteiger partial charge in [0.2, 0.25) is 5.13 Å². The molecule has 170 valence electrons. The topological polar surface area (TPSA) is 62.1 Å². The third kappa shape index (κ3) is 4.62. The van der Waals surface area contributed by atoms with Gasteiger partial charge in [-0.15, -0.1) is 11.3 Å². The lowest BCUT2D eigenvalue weighted by molar-refractivity contribution is 0.157. The Morgan fingerprint density at radius 3 is 2.41 bits per heavy atom. The van der Waals surface area contributed by atoms with E-state index in [0.29, 0.717) is 6.67 Å². The van der Waals surface area contributed by atoms with Crippen LogP contribution >= 0.6 is 11.3 Å². The molecule has 1 aliphatic heterocycles. The van der Waals surface area contributed by atoms with E-state index in [-0.39, 0.29) is 0 Å². The second kappa shape index (κ2) is 9.99. The lowest BCUT2D eigenvalue weighted by Crippen LogP contribution is -2.36. The van der Waals surface area contributed by atoms with Crippen molar-refractivity contribution < 1.29 is 4.74 Å². The molecule has 1 atom stereocenters. The Morgan fingerprint density at radius 1 is 0.971 bits per heavy atom. The SMILES string of the molecule is COC1C(=NCNc2cccc(C)c2)C(c2ccccc2)=NN1c1nc(-c2ccccc2)cs1. The van der Waals surface area contributed by atoms with Crippen LogP contribution < -0.4 is 10.3 Å². The molecular weight excluding hydrogens is 442 g/mol.